The Labute approximate surface area is 87.5 Å². The summed E-state index contributed by atoms with van der Waals surface area (Å²) in [6.07, 6.45) is 0. The molecular weight excluding hydrogens is 283 g/mol. The molecule has 0 radical (unpaired) electrons. The lowest BCUT2D eigenvalue weighted by atomic mass is 10.2. The number of rotatable bonds is 1. The zero-order valence-corrected chi connectivity index (χ0v) is 8.61. The summed E-state index contributed by atoms with van der Waals surface area (Å²) in [6.45, 7) is 0. The topological polar surface area (TPSA) is 50.4 Å². The lowest BCUT2D eigenvalue weighted by Crippen LogP contribution is -1.94. The van der Waals surface area contributed by atoms with Gasteiger partial charge in [0.1, 0.15) is 5.58 Å². The van der Waals surface area contributed by atoms with Crippen molar-refractivity contribution in [1.82, 2.24) is 0 Å². The maximum atomic E-state index is 10.6. The van der Waals surface area contributed by atoms with E-state index in [1.165, 1.54) is 6.07 Å². The van der Waals surface area contributed by atoms with E-state index in [0.717, 1.165) is 14.7 Å². The van der Waals surface area contributed by atoms with Gasteiger partial charge in [0.25, 0.3) is 0 Å². The van der Waals surface area contributed by atoms with Gasteiger partial charge in [0.15, 0.2) is 3.77 Å². The lowest BCUT2D eigenvalue weighted by molar-refractivity contribution is 0.0697. The Morgan fingerprint density at radius 2 is 2.15 bits per heavy atom. The first kappa shape index (κ1) is 8.55. The zero-order valence-electron chi connectivity index (χ0n) is 6.45. The van der Waals surface area contributed by atoms with Gasteiger partial charge in [-0.1, -0.05) is 0 Å². The first-order valence-corrected chi connectivity index (χ1v) is 4.67. The molecule has 0 unspecified atom stereocenters. The molecule has 0 saturated heterocycles. The van der Waals surface area contributed by atoms with Crippen LogP contribution in [0.25, 0.3) is 11.0 Å². The maximum Gasteiger partial charge on any atom is 0.335 e. The third kappa shape index (κ3) is 1.53. The highest BCUT2D eigenvalue weighted by molar-refractivity contribution is 14.1. The number of hydrogen-bond donors (Lipinski definition) is 1. The van der Waals surface area contributed by atoms with Crippen molar-refractivity contribution < 1.29 is 14.3 Å². The minimum atomic E-state index is -0.918. The predicted octanol–water partition coefficient (Wildman–Crippen LogP) is 2.74. The predicted molar refractivity (Wildman–Crippen MR) is 55.9 cm³/mol. The Kier molecular flexibility index (Phi) is 1.99. The van der Waals surface area contributed by atoms with E-state index in [4.69, 9.17) is 9.52 Å². The molecule has 0 spiro atoms. The molecule has 1 aromatic carbocycles. The lowest BCUT2D eigenvalue weighted by Gasteiger charge is -1.92. The number of carboxylic acids is 1. The number of fused-ring (bicyclic) bond motifs is 1. The van der Waals surface area contributed by atoms with Crippen LogP contribution in [0.3, 0.4) is 0 Å². The Morgan fingerprint density at radius 1 is 1.38 bits per heavy atom. The summed E-state index contributed by atoms with van der Waals surface area (Å²) in [6, 6.07) is 6.61. The van der Waals surface area contributed by atoms with Crippen LogP contribution in [0.1, 0.15) is 10.4 Å². The first-order chi connectivity index (χ1) is 6.16. The largest absolute Gasteiger partial charge is 0.478 e. The van der Waals surface area contributed by atoms with Gasteiger partial charge in [-0.15, -0.1) is 0 Å². The Bertz CT molecular complexity index is 473. The van der Waals surface area contributed by atoms with Crippen molar-refractivity contribution in [3.8, 4) is 0 Å². The van der Waals surface area contributed by atoms with E-state index in [0.29, 0.717) is 0 Å². The summed E-state index contributed by atoms with van der Waals surface area (Å²) in [5, 5.41) is 9.54. The second-order valence-corrected chi connectivity index (χ2v) is 3.67. The molecule has 1 aromatic heterocycles. The number of halogens is 1. The van der Waals surface area contributed by atoms with Gasteiger partial charge < -0.3 is 9.52 Å². The smallest absolute Gasteiger partial charge is 0.335 e. The zero-order chi connectivity index (χ0) is 9.42. The van der Waals surface area contributed by atoms with Gasteiger partial charge in [0.05, 0.1) is 5.56 Å². The van der Waals surface area contributed by atoms with Gasteiger partial charge in [0, 0.05) is 5.39 Å². The van der Waals surface area contributed by atoms with Gasteiger partial charge in [0.2, 0.25) is 0 Å². The van der Waals surface area contributed by atoms with Crippen molar-refractivity contribution in [3.63, 3.8) is 0 Å². The quantitative estimate of drug-likeness (QED) is 0.821. The van der Waals surface area contributed by atoms with Crippen LogP contribution < -0.4 is 0 Å². The van der Waals surface area contributed by atoms with E-state index < -0.39 is 5.97 Å². The standard InChI is InChI=1S/C9H5IO3/c10-8-4-6-3-5(9(11)12)1-2-7(6)13-8/h1-4H,(H,11,12). The molecular formula is C9H5IO3. The summed E-state index contributed by atoms with van der Waals surface area (Å²) < 4.78 is 6.06. The van der Waals surface area contributed by atoms with Crippen molar-refractivity contribution >= 4 is 39.5 Å². The minimum absolute atomic E-state index is 0.282. The van der Waals surface area contributed by atoms with Gasteiger partial charge in [-0.2, -0.15) is 0 Å². The van der Waals surface area contributed by atoms with Crippen molar-refractivity contribution in [2.75, 3.05) is 0 Å². The SMILES string of the molecule is O=C(O)c1ccc2oc(I)cc2c1. The highest BCUT2D eigenvalue weighted by Gasteiger charge is 2.06. The average Bonchev–Trinajstić information content (AvgIpc) is 2.42. The molecule has 2 aromatic rings. The number of benzene rings is 1. The molecule has 1 heterocycles. The van der Waals surface area contributed by atoms with Crippen LogP contribution in [0.4, 0.5) is 0 Å². The van der Waals surface area contributed by atoms with E-state index in [9.17, 15) is 4.79 Å². The molecule has 1 N–H and O–H groups in total. The monoisotopic (exact) mass is 288 g/mol. The number of hydrogen-bond acceptors (Lipinski definition) is 2. The molecule has 13 heavy (non-hydrogen) atoms. The first-order valence-electron chi connectivity index (χ1n) is 3.59. The van der Waals surface area contributed by atoms with Gasteiger partial charge >= 0.3 is 5.97 Å². The summed E-state index contributed by atoms with van der Waals surface area (Å²) in [5.41, 5.74) is 0.999. The number of furan rings is 1. The van der Waals surface area contributed by atoms with Crippen LogP contribution >= 0.6 is 22.6 Å². The minimum Gasteiger partial charge on any atom is -0.478 e. The number of carboxylic acid groups (broad SMARTS) is 1. The van der Waals surface area contributed by atoms with Crippen LogP contribution in [0, 0.1) is 3.77 Å². The number of carbonyl (C=O) groups is 1. The fraction of sp³-hybridized carbons (Fsp3) is 0. The van der Waals surface area contributed by atoms with Crippen molar-refractivity contribution in [2.45, 2.75) is 0 Å². The van der Waals surface area contributed by atoms with E-state index >= 15 is 0 Å². The molecule has 0 atom stereocenters. The molecule has 66 valence electrons. The van der Waals surface area contributed by atoms with Gasteiger partial charge in [-0.05, 0) is 46.9 Å². The average molecular weight is 288 g/mol. The summed E-state index contributed by atoms with van der Waals surface area (Å²) in [4.78, 5) is 10.6. The van der Waals surface area contributed by atoms with Crippen LogP contribution in [0.2, 0.25) is 0 Å². The van der Waals surface area contributed by atoms with Crippen LogP contribution in [0.5, 0.6) is 0 Å². The molecule has 0 aliphatic carbocycles. The van der Waals surface area contributed by atoms with E-state index in [1.807, 2.05) is 28.7 Å². The molecule has 2 rings (SSSR count). The second-order valence-electron chi connectivity index (χ2n) is 2.61. The number of aromatic carboxylic acids is 1. The highest BCUT2D eigenvalue weighted by atomic mass is 127. The molecule has 0 amide bonds. The van der Waals surface area contributed by atoms with E-state index in [1.54, 1.807) is 12.1 Å². The summed E-state index contributed by atoms with van der Waals surface area (Å²) >= 11 is 2.05. The third-order valence-electron chi connectivity index (χ3n) is 1.73. The van der Waals surface area contributed by atoms with E-state index in [-0.39, 0.29) is 5.56 Å². The normalized spacial score (nSPS) is 10.5. The Morgan fingerprint density at radius 3 is 2.85 bits per heavy atom. The molecule has 0 fully saturated rings. The van der Waals surface area contributed by atoms with Crippen molar-refractivity contribution in [3.05, 3.63) is 33.6 Å². The Balaban J connectivity index is 2.67. The molecule has 0 saturated carbocycles. The third-order valence-corrected chi connectivity index (χ3v) is 2.26. The molecule has 3 nitrogen and oxygen atoms in total. The van der Waals surface area contributed by atoms with Crippen molar-refractivity contribution in [1.29, 1.82) is 0 Å². The van der Waals surface area contributed by atoms with Crippen LogP contribution in [-0.2, 0) is 0 Å². The molecule has 4 heteroatoms. The summed E-state index contributed by atoms with van der Waals surface area (Å²) in [5.74, 6) is -0.918. The van der Waals surface area contributed by atoms with Gasteiger partial charge in [-0.3, -0.25) is 0 Å². The van der Waals surface area contributed by atoms with Crippen LogP contribution in [-0.4, -0.2) is 11.1 Å². The van der Waals surface area contributed by atoms with Gasteiger partial charge in [-0.25, -0.2) is 4.79 Å². The fourth-order valence-electron chi connectivity index (χ4n) is 1.14. The Hall–Kier alpha value is -1.04. The second kappa shape index (κ2) is 3.02. The van der Waals surface area contributed by atoms with Crippen LogP contribution in [0.15, 0.2) is 28.7 Å². The maximum absolute atomic E-state index is 10.6. The fourth-order valence-corrected chi connectivity index (χ4v) is 1.72. The summed E-state index contributed by atoms with van der Waals surface area (Å²) in [7, 11) is 0. The molecule has 0 bridgehead atoms. The highest BCUT2D eigenvalue weighted by Crippen LogP contribution is 2.21. The van der Waals surface area contributed by atoms with E-state index in [2.05, 4.69) is 0 Å². The molecule has 0 aliphatic heterocycles. The van der Waals surface area contributed by atoms with Crippen molar-refractivity contribution in [2.24, 2.45) is 0 Å². The molecule has 0 aliphatic rings.